The second-order valence-electron chi connectivity index (χ2n) is 2.51. The van der Waals surface area contributed by atoms with E-state index < -0.39 is 5.12 Å². The third-order valence-corrected chi connectivity index (χ3v) is 2.61. The molecule has 0 aliphatic carbocycles. The third kappa shape index (κ3) is 2.85. The molecule has 0 aliphatic heterocycles. The molecule has 0 aliphatic rings. The maximum Gasteiger partial charge on any atom is 0.217 e. The van der Waals surface area contributed by atoms with Crippen molar-refractivity contribution in [1.29, 1.82) is 0 Å². The van der Waals surface area contributed by atoms with E-state index in [2.05, 4.69) is 0 Å². The van der Waals surface area contributed by atoms with Crippen LogP contribution in [0.5, 0.6) is 0 Å². The number of benzene rings is 1. The molecule has 2 nitrogen and oxygen atoms in total. The lowest BCUT2D eigenvalue weighted by atomic mass is 10.4. The Morgan fingerprint density at radius 3 is 2.33 bits per heavy atom. The predicted molar refractivity (Wildman–Crippen MR) is 49.8 cm³/mol. The number of hydrogen-bond acceptors (Lipinski definition) is 3. The first-order valence-corrected chi connectivity index (χ1v) is 4.64. The molecule has 0 fully saturated rings. The Morgan fingerprint density at radius 2 is 1.83 bits per heavy atom. The van der Waals surface area contributed by atoms with Crippen molar-refractivity contribution in [2.24, 2.45) is 0 Å². The molecule has 0 saturated heterocycles. The molecule has 12 heavy (non-hydrogen) atoms. The highest BCUT2D eigenvalue weighted by molar-refractivity contribution is 8.00. The molecule has 3 heteroatoms. The molecule has 0 aromatic heterocycles. The lowest BCUT2D eigenvalue weighted by molar-refractivity contribution is -0.0775. The second-order valence-corrected chi connectivity index (χ2v) is 3.84. The lowest BCUT2D eigenvalue weighted by Gasteiger charge is -2.18. The zero-order valence-corrected chi connectivity index (χ0v) is 7.71. The van der Waals surface area contributed by atoms with Gasteiger partial charge in [-0.3, -0.25) is 0 Å². The van der Waals surface area contributed by atoms with E-state index in [1.807, 2.05) is 30.3 Å². The molecule has 0 radical (unpaired) electrons. The van der Waals surface area contributed by atoms with Crippen LogP contribution in [0.4, 0.5) is 0 Å². The van der Waals surface area contributed by atoms with E-state index in [4.69, 9.17) is 0 Å². The standard InChI is InChI=1S/C9H12O2S/c1-2-9(10,11)12-8-6-4-3-5-7-8/h3-7,10-11H,2H2,1H3. The van der Waals surface area contributed by atoms with E-state index >= 15 is 0 Å². The molecule has 0 atom stereocenters. The fourth-order valence-electron chi connectivity index (χ4n) is 0.749. The van der Waals surface area contributed by atoms with Crippen LogP contribution in [0.15, 0.2) is 35.2 Å². The van der Waals surface area contributed by atoms with Gasteiger partial charge in [0.2, 0.25) is 5.12 Å². The molecule has 0 spiro atoms. The van der Waals surface area contributed by atoms with Gasteiger partial charge in [0.25, 0.3) is 0 Å². The highest BCUT2D eigenvalue weighted by Crippen LogP contribution is 2.30. The van der Waals surface area contributed by atoms with Crippen molar-refractivity contribution in [3.63, 3.8) is 0 Å². The highest BCUT2D eigenvalue weighted by atomic mass is 32.2. The summed E-state index contributed by atoms with van der Waals surface area (Å²) in [7, 11) is 0. The summed E-state index contributed by atoms with van der Waals surface area (Å²) in [6, 6.07) is 9.33. The Hall–Kier alpha value is -0.510. The summed E-state index contributed by atoms with van der Waals surface area (Å²) < 4.78 is 0. The van der Waals surface area contributed by atoms with Crippen molar-refractivity contribution < 1.29 is 10.2 Å². The van der Waals surface area contributed by atoms with E-state index in [0.29, 0.717) is 6.42 Å². The fraction of sp³-hybridized carbons (Fsp3) is 0.333. The van der Waals surface area contributed by atoms with E-state index in [9.17, 15) is 10.2 Å². The average Bonchev–Trinajstić information content (AvgIpc) is 2.06. The molecule has 0 bridgehead atoms. The van der Waals surface area contributed by atoms with Crippen LogP contribution >= 0.6 is 11.8 Å². The van der Waals surface area contributed by atoms with E-state index in [0.717, 1.165) is 16.7 Å². The van der Waals surface area contributed by atoms with Crippen molar-refractivity contribution in [2.75, 3.05) is 0 Å². The van der Waals surface area contributed by atoms with Crippen molar-refractivity contribution >= 4 is 11.8 Å². The first-order chi connectivity index (χ1) is 5.64. The van der Waals surface area contributed by atoms with Gasteiger partial charge in [-0.15, -0.1) is 0 Å². The third-order valence-electron chi connectivity index (χ3n) is 1.49. The minimum atomic E-state index is -1.64. The van der Waals surface area contributed by atoms with Crippen LogP contribution in [0.3, 0.4) is 0 Å². The van der Waals surface area contributed by atoms with Crippen LogP contribution in [-0.4, -0.2) is 15.3 Å². The number of hydrogen-bond donors (Lipinski definition) is 2. The van der Waals surface area contributed by atoms with Crippen LogP contribution in [0.2, 0.25) is 0 Å². The maximum atomic E-state index is 9.30. The molecule has 0 unspecified atom stereocenters. The van der Waals surface area contributed by atoms with Gasteiger partial charge in [0, 0.05) is 11.3 Å². The summed E-state index contributed by atoms with van der Waals surface area (Å²) >= 11 is 1.06. The molecule has 1 rings (SSSR count). The van der Waals surface area contributed by atoms with Crippen molar-refractivity contribution in [3.8, 4) is 0 Å². The molecule has 1 aromatic rings. The van der Waals surface area contributed by atoms with Gasteiger partial charge in [-0.2, -0.15) is 0 Å². The topological polar surface area (TPSA) is 40.5 Å². The maximum absolute atomic E-state index is 9.30. The normalized spacial score (nSPS) is 11.6. The van der Waals surface area contributed by atoms with Crippen molar-refractivity contribution in [3.05, 3.63) is 30.3 Å². The zero-order valence-electron chi connectivity index (χ0n) is 6.90. The smallest absolute Gasteiger partial charge is 0.217 e. The summed E-state index contributed by atoms with van der Waals surface area (Å²) in [5.41, 5.74) is 0. The predicted octanol–water partition coefficient (Wildman–Crippen LogP) is 1.83. The number of aliphatic hydroxyl groups is 2. The van der Waals surface area contributed by atoms with Gasteiger partial charge in [0.1, 0.15) is 0 Å². The summed E-state index contributed by atoms with van der Waals surface area (Å²) in [5.74, 6) is 0. The Balaban J connectivity index is 2.64. The Labute approximate surface area is 76.2 Å². The van der Waals surface area contributed by atoms with Crippen LogP contribution in [-0.2, 0) is 0 Å². The Kier molecular flexibility index (Phi) is 3.14. The Morgan fingerprint density at radius 1 is 1.25 bits per heavy atom. The van der Waals surface area contributed by atoms with E-state index in [-0.39, 0.29) is 0 Å². The van der Waals surface area contributed by atoms with Gasteiger partial charge >= 0.3 is 0 Å². The minimum absolute atomic E-state index is 0.312. The van der Waals surface area contributed by atoms with Gasteiger partial charge in [-0.25, -0.2) is 0 Å². The van der Waals surface area contributed by atoms with Crippen LogP contribution in [0, 0.1) is 0 Å². The molecule has 0 heterocycles. The van der Waals surface area contributed by atoms with Crippen LogP contribution < -0.4 is 0 Å². The molecule has 0 saturated carbocycles. The molecular weight excluding hydrogens is 172 g/mol. The summed E-state index contributed by atoms with van der Waals surface area (Å²) in [5, 5.41) is 17.0. The van der Waals surface area contributed by atoms with Crippen LogP contribution in [0.1, 0.15) is 13.3 Å². The first kappa shape index (κ1) is 9.58. The lowest BCUT2D eigenvalue weighted by Crippen LogP contribution is -2.21. The van der Waals surface area contributed by atoms with Gasteiger partial charge in [0.05, 0.1) is 0 Å². The summed E-state index contributed by atoms with van der Waals surface area (Å²) in [4.78, 5) is 0.865. The van der Waals surface area contributed by atoms with Gasteiger partial charge in [-0.1, -0.05) is 36.9 Å². The quantitative estimate of drug-likeness (QED) is 0.556. The SMILES string of the molecule is CCC(O)(O)Sc1ccccc1. The van der Waals surface area contributed by atoms with Crippen molar-refractivity contribution in [1.82, 2.24) is 0 Å². The van der Waals surface area contributed by atoms with E-state index in [1.54, 1.807) is 6.92 Å². The molecule has 0 amide bonds. The van der Waals surface area contributed by atoms with Crippen molar-refractivity contribution in [2.45, 2.75) is 23.4 Å². The Bertz CT molecular complexity index is 234. The number of rotatable bonds is 3. The molecule has 2 N–H and O–H groups in total. The summed E-state index contributed by atoms with van der Waals surface area (Å²) in [6.45, 7) is 1.73. The summed E-state index contributed by atoms with van der Waals surface area (Å²) in [6.07, 6.45) is 0.312. The fourth-order valence-corrected chi connectivity index (χ4v) is 1.56. The highest BCUT2D eigenvalue weighted by Gasteiger charge is 2.21. The number of thioether (sulfide) groups is 1. The van der Waals surface area contributed by atoms with Gasteiger partial charge in [-0.05, 0) is 12.1 Å². The molecular formula is C9H12O2S. The minimum Gasteiger partial charge on any atom is -0.357 e. The van der Waals surface area contributed by atoms with Crippen LogP contribution in [0.25, 0.3) is 0 Å². The largest absolute Gasteiger partial charge is 0.357 e. The van der Waals surface area contributed by atoms with Gasteiger partial charge in [0.15, 0.2) is 0 Å². The monoisotopic (exact) mass is 184 g/mol. The second kappa shape index (κ2) is 3.94. The zero-order chi connectivity index (χ0) is 9.03. The van der Waals surface area contributed by atoms with E-state index in [1.165, 1.54) is 0 Å². The molecule has 1 aromatic carbocycles. The molecule has 66 valence electrons. The first-order valence-electron chi connectivity index (χ1n) is 3.83. The average molecular weight is 184 g/mol. The van der Waals surface area contributed by atoms with Gasteiger partial charge < -0.3 is 10.2 Å².